The average molecular weight is 419 g/mol. The first-order valence-corrected chi connectivity index (χ1v) is 11.1. The van der Waals surface area contributed by atoms with Gasteiger partial charge in [0.05, 0.1) is 6.54 Å². The van der Waals surface area contributed by atoms with Crippen LogP contribution in [0.5, 0.6) is 0 Å². The third-order valence-corrected chi connectivity index (χ3v) is 5.84. The molecule has 31 heavy (non-hydrogen) atoms. The standard InChI is InChI=1S/C25H30N4O2/c1-19-7-5-8-20(17-19)9-6-14-26-25(30)22-12-15-29(16-13-22)18-23-27-24(28-31-23)21-10-3-2-4-11-21/h2-5,7-8,10-11,17,22H,6,9,12-16,18H2,1H3,(H,26,30). The fourth-order valence-corrected chi connectivity index (χ4v) is 4.08. The van der Waals surface area contributed by atoms with Crippen LogP contribution in [0.4, 0.5) is 0 Å². The van der Waals surface area contributed by atoms with Crippen molar-refractivity contribution in [2.45, 2.75) is 39.2 Å². The smallest absolute Gasteiger partial charge is 0.241 e. The van der Waals surface area contributed by atoms with Crippen molar-refractivity contribution in [2.24, 2.45) is 5.92 Å². The Bertz CT molecular complexity index is 978. The highest BCUT2D eigenvalue weighted by Crippen LogP contribution is 2.20. The second-order valence-electron chi connectivity index (χ2n) is 8.31. The molecular formula is C25H30N4O2. The van der Waals surface area contributed by atoms with Crippen LogP contribution in [0.1, 0.15) is 36.3 Å². The first-order chi connectivity index (χ1) is 15.2. The summed E-state index contributed by atoms with van der Waals surface area (Å²) in [6, 6.07) is 18.4. The Balaban J connectivity index is 1.16. The molecule has 0 bridgehead atoms. The third-order valence-electron chi connectivity index (χ3n) is 5.84. The largest absolute Gasteiger partial charge is 0.356 e. The summed E-state index contributed by atoms with van der Waals surface area (Å²) < 4.78 is 5.42. The number of rotatable bonds is 8. The van der Waals surface area contributed by atoms with Crippen molar-refractivity contribution >= 4 is 5.91 Å². The van der Waals surface area contributed by atoms with Gasteiger partial charge in [-0.25, -0.2) is 0 Å². The highest BCUT2D eigenvalue weighted by Gasteiger charge is 2.25. The van der Waals surface area contributed by atoms with Crippen LogP contribution in [0.3, 0.4) is 0 Å². The lowest BCUT2D eigenvalue weighted by molar-refractivity contribution is -0.126. The molecule has 6 heteroatoms. The molecule has 2 aromatic carbocycles. The molecule has 162 valence electrons. The van der Waals surface area contributed by atoms with Gasteiger partial charge >= 0.3 is 0 Å². The lowest BCUT2D eigenvalue weighted by Crippen LogP contribution is -2.40. The van der Waals surface area contributed by atoms with E-state index in [-0.39, 0.29) is 11.8 Å². The second-order valence-corrected chi connectivity index (χ2v) is 8.31. The Hall–Kier alpha value is -2.99. The number of aromatic nitrogens is 2. The van der Waals surface area contributed by atoms with Gasteiger partial charge in [0.15, 0.2) is 0 Å². The summed E-state index contributed by atoms with van der Waals surface area (Å²) in [5.74, 6) is 1.53. The van der Waals surface area contributed by atoms with Gasteiger partial charge in [0.25, 0.3) is 0 Å². The van der Waals surface area contributed by atoms with Crippen molar-refractivity contribution in [3.8, 4) is 11.4 Å². The molecule has 1 amide bonds. The lowest BCUT2D eigenvalue weighted by Gasteiger charge is -2.30. The topological polar surface area (TPSA) is 71.3 Å². The molecule has 0 unspecified atom stereocenters. The number of likely N-dealkylation sites (tertiary alicyclic amines) is 1. The van der Waals surface area contributed by atoms with E-state index in [1.54, 1.807) is 0 Å². The molecule has 2 heterocycles. The van der Waals surface area contributed by atoms with E-state index in [1.807, 2.05) is 30.3 Å². The van der Waals surface area contributed by atoms with Gasteiger partial charge in [0.1, 0.15) is 0 Å². The third kappa shape index (κ3) is 6.01. The van der Waals surface area contributed by atoms with Crippen LogP contribution < -0.4 is 5.32 Å². The first kappa shape index (κ1) is 21.2. The Morgan fingerprint density at radius 1 is 1.13 bits per heavy atom. The fraction of sp³-hybridized carbons (Fsp3) is 0.400. The van der Waals surface area contributed by atoms with E-state index in [9.17, 15) is 4.79 Å². The van der Waals surface area contributed by atoms with Gasteiger partial charge in [-0.3, -0.25) is 9.69 Å². The summed E-state index contributed by atoms with van der Waals surface area (Å²) >= 11 is 0. The van der Waals surface area contributed by atoms with Gasteiger partial charge in [-0.15, -0.1) is 0 Å². The second kappa shape index (κ2) is 10.4. The number of amides is 1. The highest BCUT2D eigenvalue weighted by atomic mass is 16.5. The van der Waals surface area contributed by atoms with E-state index < -0.39 is 0 Å². The zero-order chi connectivity index (χ0) is 21.5. The Labute approximate surface area is 183 Å². The molecule has 0 saturated carbocycles. The first-order valence-electron chi connectivity index (χ1n) is 11.1. The molecule has 0 spiro atoms. The number of carbonyl (C=O) groups excluding carboxylic acids is 1. The summed E-state index contributed by atoms with van der Waals surface area (Å²) in [7, 11) is 0. The number of hydrogen-bond acceptors (Lipinski definition) is 5. The van der Waals surface area contributed by atoms with E-state index in [0.29, 0.717) is 18.3 Å². The van der Waals surface area contributed by atoms with Gasteiger partial charge in [0.2, 0.25) is 17.6 Å². The molecule has 1 fully saturated rings. The Morgan fingerprint density at radius 2 is 1.94 bits per heavy atom. The summed E-state index contributed by atoms with van der Waals surface area (Å²) in [6.07, 6.45) is 3.69. The molecule has 0 radical (unpaired) electrons. The molecule has 1 N–H and O–H groups in total. The van der Waals surface area contributed by atoms with E-state index in [1.165, 1.54) is 11.1 Å². The zero-order valence-electron chi connectivity index (χ0n) is 18.1. The van der Waals surface area contributed by atoms with Gasteiger partial charge in [-0.1, -0.05) is 65.3 Å². The summed E-state index contributed by atoms with van der Waals surface area (Å²) in [4.78, 5) is 19.3. The lowest BCUT2D eigenvalue weighted by atomic mass is 9.96. The monoisotopic (exact) mass is 418 g/mol. The quantitative estimate of drug-likeness (QED) is 0.560. The van der Waals surface area contributed by atoms with Gasteiger partial charge < -0.3 is 9.84 Å². The fourth-order valence-electron chi connectivity index (χ4n) is 4.08. The van der Waals surface area contributed by atoms with Crippen molar-refractivity contribution in [2.75, 3.05) is 19.6 Å². The van der Waals surface area contributed by atoms with Crippen molar-refractivity contribution in [1.29, 1.82) is 0 Å². The number of piperidine rings is 1. The summed E-state index contributed by atoms with van der Waals surface area (Å²) in [5.41, 5.74) is 3.57. The van der Waals surface area contributed by atoms with Crippen LogP contribution >= 0.6 is 0 Å². The number of hydrogen-bond donors (Lipinski definition) is 1. The van der Waals surface area contributed by atoms with Crippen molar-refractivity contribution in [3.05, 3.63) is 71.6 Å². The highest BCUT2D eigenvalue weighted by molar-refractivity contribution is 5.78. The molecule has 6 nitrogen and oxygen atoms in total. The van der Waals surface area contributed by atoms with E-state index in [2.05, 4.69) is 51.5 Å². The van der Waals surface area contributed by atoms with Crippen LogP contribution in [0.25, 0.3) is 11.4 Å². The Kier molecular flexibility index (Phi) is 7.10. The van der Waals surface area contributed by atoms with Gasteiger partial charge in [-0.2, -0.15) is 4.98 Å². The molecule has 1 aliphatic heterocycles. The summed E-state index contributed by atoms with van der Waals surface area (Å²) in [5, 5.41) is 7.21. The number of nitrogens with one attached hydrogen (secondary N) is 1. The molecule has 0 aliphatic carbocycles. The number of aryl methyl sites for hydroxylation is 2. The predicted octanol–water partition coefficient (Wildman–Crippen LogP) is 4.01. The Morgan fingerprint density at radius 3 is 2.71 bits per heavy atom. The van der Waals surface area contributed by atoms with E-state index >= 15 is 0 Å². The molecule has 1 aliphatic rings. The SMILES string of the molecule is Cc1cccc(CCCNC(=O)C2CCN(Cc3nc(-c4ccccc4)no3)CC2)c1. The van der Waals surface area contributed by atoms with Crippen molar-refractivity contribution in [1.82, 2.24) is 20.4 Å². The van der Waals surface area contributed by atoms with Crippen molar-refractivity contribution in [3.63, 3.8) is 0 Å². The maximum absolute atomic E-state index is 12.5. The zero-order valence-corrected chi connectivity index (χ0v) is 18.1. The molecular weight excluding hydrogens is 388 g/mol. The van der Waals surface area contributed by atoms with Crippen LogP contribution in [-0.4, -0.2) is 40.6 Å². The number of benzene rings is 2. The minimum absolute atomic E-state index is 0.0952. The number of carbonyl (C=O) groups is 1. The molecule has 1 aromatic heterocycles. The minimum atomic E-state index is 0.0952. The van der Waals surface area contributed by atoms with Gasteiger partial charge in [-0.05, 0) is 51.3 Å². The number of nitrogens with zero attached hydrogens (tertiary/aromatic N) is 3. The normalized spacial score (nSPS) is 15.1. The average Bonchev–Trinajstić information content (AvgIpc) is 3.26. The van der Waals surface area contributed by atoms with E-state index in [0.717, 1.165) is 50.9 Å². The van der Waals surface area contributed by atoms with Crippen molar-refractivity contribution < 1.29 is 9.32 Å². The molecule has 3 aromatic rings. The van der Waals surface area contributed by atoms with Crippen LogP contribution in [0, 0.1) is 12.8 Å². The van der Waals surface area contributed by atoms with Crippen LogP contribution in [0.2, 0.25) is 0 Å². The van der Waals surface area contributed by atoms with Crippen LogP contribution in [-0.2, 0) is 17.8 Å². The minimum Gasteiger partial charge on any atom is -0.356 e. The summed E-state index contributed by atoms with van der Waals surface area (Å²) in [6.45, 7) is 5.20. The molecule has 4 rings (SSSR count). The molecule has 1 saturated heterocycles. The van der Waals surface area contributed by atoms with Gasteiger partial charge in [0, 0.05) is 18.0 Å². The maximum atomic E-state index is 12.5. The van der Waals surface area contributed by atoms with Crippen LogP contribution in [0.15, 0.2) is 59.1 Å². The van der Waals surface area contributed by atoms with E-state index in [4.69, 9.17) is 4.52 Å². The molecule has 0 atom stereocenters. The maximum Gasteiger partial charge on any atom is 0.241 e. The predicted molar refractivity (Wildman–Crippen MR) is 120 cm³/mol.